The summed E-state index contributed by atoms with van der Waals surface area (Å²) in [7, 11) is 0. The van der Waals surface area contributed by atoms with Gasteiger partial charge < -0.3 is 0 Å². The largest absolute Gasteiger partial charge is 0.0885 e. The molecule has 0 spiro atoms. The van der Waals surface area contributed by atoms with Gasteiger partial charge in [0.05, 0.1) is 0 Å². The molecule has 0 amide bonds. The fourth-order valence-electron chi connectivity index (χ4n) is 3.74. The average molecular weight is 220 g/mol. The van der Waals surface area contributed by atoms with Crippen molar-refractivity contribution in [2.45, 2.75) is 71.1 Å². The zero-order chi connectivity index (χ0) is 11.2. The molecular weight excluding hydrogens is 192 g/mol. The molecule has 0 bridgehead atoms. The van der Waals surface area contributed by atoms with Crippen LogP contribution in [0.2, 0.25) is 0 Å². The third-order valence-electron chi connectivity index (χ3n) is 4.78. The summed E-state index contributed by atoms with van der Waals surface area (Å²) in [6.45, 7) is 2.24. The van der Waals surface area contributed by atoms with Gasteiger partial charge in [0.15, 0.2) is 0 Å². The van der Waals surface area contributed by atoms with E-state index in [2.05, 4.69) is 19.1 Å². The Morgan fingerprint density at radius 2 is 1.44 bits per heavy atom. The normalized spacial score (nSPS) is 33.3. The van der Waals surface area contributed by atoms with E-state index in [-0.39, 0.29) is 0 Å². The Morgan fingerprint density at radius 3 is 2.06 bits per heavy atom. The molecule has 0 unspecified atom stereocenters. The minimum Gasteiger partial charge on any atom is -0.0885 e. The summed E-state index contributed by atoms with van der Waals surface area (Å²) < 4.78 is 0. The Balaban J connectivity index is 1.73. The molecule has 0 atom stereocenters. The van der Waals surface area contributed by atoms with E-state index in [1.54, 1.807) is 12.8 Å². The van der Waals surface area contributed by atoms with Gasteiger partial charge in [-0.3, -0.25) is 0 Å². The molecule has 0 aromatic heterocycles. The van der Waals surface area contributed by atoms with Crippen LogP contribution in [-0.2, 0) is 0 Å². The Hall–Kier alpha value is -0.260. The topological polar surface area (TPSA) is 0 Å². The van der Waals surface area contributed by atoms with Gasteiger partial charge in [-0.2, -0.15) is 0 Å². The predicted octanol–water partition coefficient (Wildman–Crippen LogP) is 5.34. The van der Waals surface area contributed by atoms with Crippen molar-refractivity contribution < 1.29 is 0 Å². The van der Waals surface area contributed by atoms with Gasteiger partial charge in [-0.25, -0.2) is 0 Å². The van der Waals surface area contributed by atoms with Crippen molar-refractivity contribution in [2.75, 3.05) is 0 Å². The number of hydrogen-bond acceptors (Lipinski definition) is 0. The summed E-state index contributed by atoms with van der Waals surface area (Å²) in [5, 5.41) is 0. The van der Waals surface area contributed by atoms with Crippen LogP contribution < -0.4 is 0 Å². The van der Waals surface area contributed by atoms with Crippen LogP contribution in [0.5, 0.6) is 0 Å². The Morgan fingerprint density at radius 1 is 0.812 bits per heavy atom. The Labute approximate surface area is 102 Å². The maximum Gasteiger partial charge on any atom is -0.0233 e. The first kappa shape index (κ1) is 12.2. The molecule has 0 nitrogen and oxygen atoms in total. The van der Waals surface area contributed by atoms with Crippen molar-refractivity contribution in [1.82, 2.24) is 0 Å². The average Bonchev–Trinajstić information content (AvgIpc) is 2.38. The van der Waals surface area contributed by atoms with Crippen molar-refractivity contribution in [3.8, 4) is 0 Å². The second-order valence-electron chi connectivity index (χ2n) is 5.91. The summed E-state index contributed by atoms with van der Waals surface area (Å²) in [4.78, 5) is 0. The smallest absolute Gasteiger partial charge is 0.0233 e. The summed E-state index contributed by atoms with van der Waals surface area (Å²) in [6.07, 6.45) is 19.7. The highest BCUT2D eigenvalue weighted by atomic mass is 14.3. The third-order valence-corrected chi connectivity index (χ3v) is 4.78. The van der Waals surface area contributed by atoms with Crippen LogP contribution in [0.3, 0.4) is 0 Å². The highest BCUT2D eigenvalue weighted by Crippen LogP contribution is 2.40. The monoisotopic (exact) mass is 220 g/mol. The van der Waals surface area contributed by atoms with E-state index in [0.717, 1.165) is 17.8 Å². The molecule has 0 aromatic carbocycles. The Bertz CT molecular complexity index is 202. The summed E-state index contributed by atoms with van der Waals surface area (Å²) in [5.74, 6) is 3.11. The van der Waals surface area contributed by atoms with Crippen molar-refractivity contribution in [3.63, 3.8) is 0 Å². The van der Waals surface area contributed by atoms with Gasteiger partial charge in [-0.05, 0) is 49.9 Å². The lowest BCUT2D eigenvalue weighted by Crippen LogP contribution is -2.23. The Kier molecular flexibility index (Phi) is 4.93. The second-order valence-corrected chi connectivity index (χ2v) is 5.91. The molecule has 0 radical (unpaired) electrons. The lowest BCUT2D eigenvalue weighted by molar-refractivity contribution is 0.180. The van der Waals surface area contributed by atoms with Gasteiger partial charge in [0, 0.05) is 0 Å². The summed E-state index contributed by atoms with van der Waals surface area (Å²) in [6, 6.07) is 0. The van der Waals surface area contributed by atoms with Gasteiger partial charge in [-0.15, -0.1) is 0 Å². The van der Waals surface area contributed by atoms with Crippen molar-refractivity contribution >= 4 is 0 Å². The first-order valence-corrected chi connectivity index (χ1v) is 7.56. The molecule has 0 aromatic rings. The van der Waals surface area contributed by atoms with Crippen LogP contribution in [-0.4, -0.2) is 0 Å². The van der Waals surface area contributed by atoms with Crippen LogP contribution >= 0.6 is 0 Å². The highest BCUT2D eigenvalue weighted by Gasteiger charge is 2.27. The molecule has 2 aliphatic carbocycles. The number of hydrogen-bond donors (Lipinski definition) is 0. The van der Waals surface area contributed by atoms with Gasteiger partial charge in [0.25, 0.3) is 0 Å². The molecule has 2 fully saturated rings. The molecular formula is C16H28. The fraction of sp³-hybridized carbons (Fsp3) is 0.875. The summed E-state index contributed by atoms with van der Waals surface area (Å²) >= 11 is 0. The number of allylic oxidation sites excluding steroid dienone is 2. The molecule has 0 aliphatic heterocycles. The van der Waals surface area contributed by atoms with E-state index in [1.165, 1.54) is 51.4 Å². The third kappa shape index (κ3) is 3.37. The van der Waals surface area contributed by atoms with E-state index < -0.39 is 0 Å². The van der Waals surface area contributed by atoms with Crippen LogP contribution in [0.4, 0.5) is 0 Å². The maximum atomic E-state index is 2.48. The maximum absolute atomic E-state index is 2.48. The van der Waals surface area contributed by atoms with Crippen LogP contribution in [0.25, 0.3) is 0 Å². The van der Waals surface area contributed by atoms with E-state index in [1.807, 2.05) is 0 Å². The summed E-state index contributed by atoms with van der Waals surface area (Å²) in [5.41, 5.74) is 0. The van der Waals surface area contributed by atoms with Gasteiger partial charge >= 0.3 is 0 Å². The SMILES string of the molecule is CC/C=C/[C@H]1CC[C@H](C2CCCCC2)CC1. The lowest BCUT2D eigenvalue weighted by atomic mass is 9.71. The van der Waals surface area contributed by atoms with E-state index in [4.69, 9.17) is 0 Å². The molecule has 0 saturated heterocycles. The standard InChI is InChI=1S/C16H28/c1-2-3-7-14-10-12-16(13-11-14)15-8-5-4-6-9-15/h3,7,14-16H,2,4-6,8-13H2,1H3/b7-3+/t14-,16-. The van der Waals surface area contributed by atoms with E-state index in [0.29, 0.717) is 0 Å². The van der Waals surface area contributed by atoms with E-state index >= 15 is 0 Å². The van der Waals surface area contributed by atoms with E-state index in [9.17, 15) is 0 Å². The molecule has 16 heavy (non-hydrogen) atoms. The highest BCUT2D eigenvalue weighted by molar-refractivity contribution is 4.91. The van der Waals surface area contributed by atoms with Gasteiger partial charge in [0.2, 0.25) is 0 Å². The second kappa shape index (κ2) is 6.47. The first-order valence-electron chi connectivity index (χ1n) is 7.56. The zero-order valence-electron chi connectivity index (χ0n) is 11.0. The molecule has 2 aliphatic rings. The molecule has 92 valence electrons. The number of rotatable bonds is 3. The van der Waals surface area contributed by atoms with Crippen LogP contribution in [0.1, 0.15) is 71.1 Å². The van der Waals surface area contributed by atoms with Crippen molar-refractivity contribution in [3.05, 3.63) is 12.2 Å². The van der Waals surface area contributed by atoms with Gasteiger partial charge in [-0.1, -0.05) is 51.2 Å². The molecule has 2 saturated carbocycles. The zero-order valence-corrected chi connectivity index (χ0v) is 11.0. The van der Waals surface area contributed by atoms with Crippen LogP contribution in [0.15, 0.2) is 12.2 Å². The van der Waals surface area contributed by atoms with Crippen molar-refractivity contribution in [2.24, 2.45) is 17.8 Å². The minimum atomic E-state index is 0.916. The molecule has 0 N–H and O–H groups in total. The molecule has 0 heteroatoms. The minimum absolute atomic E-state index is 0.916. The molecule has 0 heterocycles. The first-order chi connectivity index (χ1) is 7.90. The van der Waals surface area contributed by atoms with Gasteiger partial charge in [0.1, 0.15) is 0 Å². The quantitative estimate of drug-likeness (QED) is 0.563. The predicted molar refractivity (Wildman–Crippen MR) is 71.5 cm³/mol. The lowest BCUT2D eigenvalue weighted by Gasteiger charge is -2.35. The molecule has 2 rings (SSSR count). The van der Waals surface area contributed by atoms with Crippen LogP contribution in [0, 0.1) is 17.8 Å². The van der Waals surface area contributed by atoms with Crippen molar-refractivity contribution in [1.29, 1.82) is 0 Å². The fourth-order valence-corrected chi connectivity index (χ4v) is 3.74.